The SMILES string of the molecule is Fc1ccc(F)c(/N=C/c2ccccc2)c1. The van der Waals surface area contributed by atoms with Gasteiger partial charge in [-0.3, -0.25) is 4.99 Å². The van der Waals surface area contributed by atoms with Gasteiger partial charge in [-0.1, -0.05) is 30.3 Å². The lowest BCUT2D eigenvalue weighted by Gasteiger charge is -1.96. The monoisotopic (exact) mass is 217 g/mol. The Morgan fingerprint density at radius 2 is 1.69 bits per heavy atom. The van der Waals surface area contributed by atoms with E-state index < -0.39 is 11.6 Å². The standard InChI is InChI=1S/C13H9F2N/c14-11-6-7-12(15)13(8-11)16-9-10-4-2-1-3-5-10/h1-9H/b16-9+. The lowest BCUT2D eigenvalue weighted by molar-refractivity contribution is 0.602. The number of aliphatic imine (C=N–C) groups is 1. The molecule has 2 rings (SSSR count). The zero-order valence-corrected chi connectivity index (χ0v) is 8.40. The first-order valence-corrected chi connectivity index (χ1v) is 4.80. The van der Waals surface area contributed by atoms with E-state index in [1.54, 1.807) is 0 Å². The average molecular weight is 217 g/mol. The molecule has 1 nitrogen and oxygen atoms in total. The van der Waals surface area contributed by atoms with Crippen molar-refractivity contribution >= 4 is 11.9 Å². The van der Waals surface area contributed by atoms with Crippen molar-refractivity contribution in [1.29, 1.82) is 0 Å². The average Bonchev–Trinajstić information content (AvgIpc) is 2.32. The third-order valence-corrected chi connectivity index (χ3v) is 2.06. The van der Waals surface area contributed by atoms with Crippen LogP contribution in [-0.2, 0) is 0 Å². The maximum Gasteiger partial charge on any atom is 0.149 e. The van der Waals surface area contributed by atoms with E-state index in [1.807, 2.05) is 30.3 Å². The Morgan fingerprint density at radius 1 is 0.938 bits per heavy atom. The fourth-order valence-electron chi connectivity index (χ4n) is 1.27. The Morgan fingerprint density at radius 3 is 2.44 bits per heavy atom. The van der Waals surface area contributed by atoms with E-state index in [1.165, 1.54) is 6.21 Å². The fraction of sp³-hybridized carbons (Fsp3) is 0. The largest absolute Gasteiger partial charge is 0.253 e. The van der Waals surface area contributed by atoms with Gasteiger partial charge in [0.05, 0.1) is 0 Å². The Labute approximate surface area is 92.1 Å². The molecule has 0 saturated heterocycles. The molecular formula is C13H9F2N. The second kappa shape index (κ2) is 4.66. The minimum atomic E-state index is -0.534. The van der Waals surface area contributed by atoms with Gasteiger partial charge >= 0.3 is 0 Å². The van der Waals surface area contributed by atoms with E-state index in [9.17, 15) is 8.78 Å². The molecule has 0 aliphatic rings. The zero-order chi connectivity index (χ0) is 11.4. The summed E-state index contributed by atoms with van der Waals surface area (Å²) in [5.41, 5.74) is 0.843. The molecule has 0 aromatic heterocycles. The highest BCUT2D eigenvalue weighted by Gasteiger charge is 2.00. The van der Waals surface area contributed by atoms with Gasteiger partial charge in [0.2, 0.25) is 0 Å². The number of rotatable bonds is 2. The molecule has 0 atom stereocenters. The number of hydrogen-bond acceptors (Lipinski definition) is 1. The van der Waals surface area contributed by atoms with E-state index in [4.69, 9.17) is 0 Å². The maximum atomic E-state index is 13.2. The smallest absolute Gasteiger partial charge is 0.149 e. The number of nitrogens with zero attached hydrogens (tertiary/aromatic N) is 1. The van der Waals surface area contributed by atoms with Gasteiger partial charge in [0, 0.05) is 12.3 Å². The minimum absolute atomic E-state index is 0.00357. The van der Waals surface area contributed by atoms with E-state index >= 15 is 0 Å². The quantitative estimate of drug-likeness (QED) is 0.680. The Kier molecular flexibility index (Phi) is 3.05. The molecule has 80 valence electrons. The third-order valence-electron chi connectivity index (χ3n) is 2.06. The van der Waals surface area contributed by atoms with Gasteiger partial charge in [-0.2, -0.15) is 0 Å². The van der Waals surface area contributed by atoms with Crippen LogP contribution in [0, 0.1) is 11.6 Å². The van der Waals surface area contributed by atoms with Crippen LogP contribution in [0.4, 0.5) is 14.5 Å². The molecule has 0 saturated carbocycles. The van der Waals surface area contributed by atoms with Gasteiger partial charge in [0.25, 0.3) is 0 Å². The van der Waals surface area contributed by atoms with Crippen molar-refractivity contribution in [3.8, 4) is 0 Å². The lowest BCUT2D eigenvalue weighted by Crippen LogP contribution is -1.82. The van der Waals surface area contributed by atoms with Crippen molar-refractivity contribution in [2.45, 2.75) is 0 Å². The van der Waals surface area contributed by atoms with Crippen LogP contribution in [0.3, 0.4) is 0 Å². The summed E-state index contributed by atoms with van der Waals surface area (Å²) in [6.45, 7) is 0. The summed E-state index contributed by atoms with van der Waals surface area (Å²) in [6.07, 6.45) is 1.50. The Bertz CT molecular complexity index is 507. The first-order chi connectivity index (χ1) is 7.75. The van der Waals surface area contributed by atoms with Crippen molar-refractivity contribution in [1.82, 2.24) is 0 Å². The molecule has 0 spiro atoms. The molecule has 3 heteroatoms. The molecule has 2 aromatic rings. The van der Waals surface area contributed by atoms with Gasteiger partial charge in [0.15, 0.2) is 0 Å². The molecule has 2 aromatic carbocycles. The van der Waals surface area contributed by atoms with Crippen molar-refractivity contribution < 1.29 is 8.78 Å². The van der Waals surface area contributed by atoms with Crippen molar-refractivity contribution in [3.63, 3.8) is 0 Å². The van der Waals surface area contributed by atoms with Gasteiger partial charge in [-0.15, -0.1) is 0 Å². The highest BCUT2D eigenvalue weighted by Crippen LogP contribution is 2.18. The van der Waals surface area contributed by atoms with Crippen LogP contribution in [0.25, 0.3) is 0 Å². The molecule has 0 radical (unpaired) electrons. The maximum absolute atomic E-state index is 13.2. The summed E-state index contributed by atoms with van der Waals surface area (Å²) in [4.78, 5) is 3.90. The topological polar surface area (TPSA) is 12.4 Å². The molecule has 0 amide bonds. The van der Waals surface area contributed by atoms with Crippen molar-refractivity contribution in [2.75, 3.05) is 0 Å². The fourth-order valence-corrected chi connectivity index (χ4v) is 1.27. The molecule has 0 aliphatic carbocycles. The minimum Gasteiger partial charge on any atom is -0.253 e. The normalized spacial score (nSPS) is 10.9. The summed E-state index contributed by atoms with van der Waals surface area (Å²) in [6, 6.07) is 12.4. The van der Waals surface area contributed by atoms with Crippen molar-refractivity contribution in [3.05, 3.63) is 65.7 Å². The van der Waals surface area contributed by atoms with Gasteiger partial charge in [-0.25, -0.2) is 8.78 Å². The molecule has 0 aliphatic heterocycles. The summed E-state index contributed by atoms with van der Waals surface area (Å²) >= 11 is 0. The first-order valence-electron chi connectivity index (χ1n) is 4.80. The molecular weight excluding hydrogens is 208 g/mol. The van der Waals surface area contributed by atoms with Gasteiger partial charge in [0.1, 0.15) is 17.3 Å². The highest BCUT2D eigenvalue weighted by atomic mass is 19.1. The number of halogens is 2. The molecule has 0 heterocycles. The second-order valence-corrected chi connectivity index (χ2v) is 3.26. The number of benzene rings is 2. The highest BCUT2D eigenvalue weighted by molar-refractivity contribution is 5.81. The van der Waals surface area contributed by atoms with E-state index in [2.05, 4.69) is 4.99 Å². The summed E-state index contributed by atoms with van der Waals surface area (Å²) < 4.78 is 26.0. The number of hydrogen-bond donors (Lipinski definition) is 0. The van der Waals surface area contributed by atoms with Gasteiger partial charge < -0.3 is 0 Å². The summed E-state index contributed by atoms with van der Waals surface area (Å²) in [5, 5.41) is 0. The Hall–Kier alpha value is -2.03. The van der Waals surface area contributed by atoms with E-state index in [0.717, 1.165) is 23.8 Å². The van der Waals surface area contributed by atoms with Crippen LogP contribution in [0.2, 0.25) is 0 Å². The summed E-state index contributed by atoms with van der Waals surface area (Å²) in [7, 11) is 0. The second-order valence-electron chi connectivity index (χ2n) is 3.26. The van der Waals surface area contributed by atoms with E-state index in [-0.39, 0.29) is 5.69 Å². The van der Waals surface area contributed by atoms with Crippen LogP contribution in [0.15, 0.2) is 53.5 Å². The molecule has 0 fully saturated rings. The molecule has 0 unspecified atom stereocenters. The van der Waals surface area contributed by atoms with Crippen LogP contribution in [0.1, 0.15) is 5.56 Å². The van der Waals surface area contributed by atoms with Crippen LogP contribution < -0.4 is 0 Å². The lowest BCUT2D eigenvalue weighted by atomic mass is 10.2. The van der Waals surface area contributed by atoms with Gasteiger partial charge in [-0.05, 0) is 17.7 Å². The third kappa shape index (κ3) is 2.51. The van der Waals surface area contributed by atoms with Crippen LogP contribution in [-0.4, -0.2) is 6.21 Å². The predicted octanol–water partition coefficient (Wildman–Crippen LogP) is 3.72. The molecule has 16 heavy (non-hydrogen) atoms. The first kappa shape index (κ1) is 10.5. The Balaban J connectivity index is 2.27. The van der Waals surface area contributed by atoms with Crippen molar-refractivity contribution in [2.24, 2.45) is 4.99 Å². The molecule has 0 bridgehead atoms. The predicted molar refractivity (Wildman–Crippen MR) is 60.1 cm³/mol. The zero-order valence-electron chi connectivity index (χ0n) is 8.40. The molecule has 0 N–H and O–H groups in total. The summed E-state index contributed by atoms with van der Waals surface area (Å²) in [5.74, 6) is -1.03. The van der Waals surface area contributed by atoms with E-state index in [0.29, 0.717) is 0 Å². The van der Waals surface area contributed by atoms with Crippen LogP contribution in [0.5, 0.6) is 0 Å². The van der Waals surface area contributed by atoms with Crippen LogP contribution >= 0.6 is 0 Å².